The van der Waals surface area contributed by atoms with Crippen molar-refractivity contribution in [2.75, 3.05) is 6.54 Å². The van der Waals surface area contributed by atoms with Gasteiger partial charge in [0.25, 0.3) is 5.69 Å². The van der Waals surface area contributed by atoms with Gasteiger partial charge in [0.15, 0.2) is 5.58 Å². The lowest BCUT2D eigenvalue weighted by molar-refractivity contribution is -0.384. The summed E-state index contributed by atoms with van der Waals surface area (Å²) in [4.78, 5) is 33.8. The molecule has 2 rings (SSSR count). The van der Waals surface area contributed by atoms with Crippen LogP contribution in [0.2, 0.25) is 0 Å². The van der Waals surface area contributed by atoms with E-state index < -0.39 is 10.7 Å². The number of rotatable bonds is 9. The van der Waals surface area contributed by atoms with Gasteiger partial charge in [-0.2, -0.15) is 0 Å². The van der Waals surface area contributed by atoms with Crippen LogP contribution in [0.5, 0.6) is 0 Å². The number of carbonyl (C=O) groups excluding carboxylic acids is 1. The van der Waals surface area contributed by atoms with Crippen molar-refractivity contribution in [1.82, 2.24) is 9.88 Å². The van der Waals surface area contributed by atoms with Crippen LogP contribution in [0, 0.1) is 10.1 Å². The summed E-state index contributed by atoms with van der Waals surface area (Å²) in [5.41, 5.74) is 0.544. The van der Waals surface area contributed by atoms with E-state index in [2.05, 4.69) is 12.2 Å². The van der Waals surface area contributed by atoms with E-state index in [-0.39, 0.29) is 17.2 Å². The fourth-order valence-corrected chi connectivity index (χ4v) is 2.47. The maximum Gasteiger partial charge on any atom is 0.419 e. The first-order valence-electron chi connectivity index (χ1n) is 8.07. The lowest BCUT2D eigenvalue weighted by Gasteiger charge is -2.05. The zero-order chi connectivity index (χ0) is 17.5. The topological polar surface area (TPSA) is 107 Å². The second-order valence-corrected chi connectivity index (χ2v) is 5.59. The Morgan fingerprint density at radius 1 is 1.33 bits per heavy atom. The van der Waals surface area contributed by atoms with E-state index in [1.54, 1.807) is 0 Å². The van der Waals surface area contributed by atoms with Gasteiger partial charge in [-0.3, -0.25) is 19.5 Å². The molecule has 0 spiro atoms. The van der Waals surface area contributed by atoms with Crippen molar-refractivity contribution >= 4 is 22.7 Å². The molecule has 24 heavy (non-hydrogen) atoms. The van der Waals surface area contributed by atoms with Gasteiger partial charge in [-0.25, -0.2) is 4.79 Å². The van der Waals surface area contributed by atoms with Crippen LogP contribution in [0.15, 0.2) is 27.4 Å². The van der Waals surface area contributed by atoms with Gasteiger partial charge < -0.3 is 9.73 Å². The number of benzene rings is 1. The third kappa shape index (κ3) is 4.43. The molecule has 8 nitrogen and oxygen atoms in total. The van der Waals surface area contributed by atoms with Crippen molar-refractivity contribution in [2.45, 2.75) is 45.6 Å². The predicted octanol–water partition coefficient (Wildman–Crippen LogP) is 2.59. The fourth-order valence-electron chi connectivity index (χ4n) is 2.47. The van der Waals surface area contributed by atoms with Gasteiger partial charge in [-0.05, 0) is 18.9 Å². The van der Waals surface area contributed by atoms with E-state index in [9.17, 15) is 19.7 Å². The van der Waals surface area contributed by atoms with E-state index in [0.29, 0.717) is 31.4 Å². The standard InChI is InChI=1S/C16H21N3O5/c1-2-3-4-9-17-15(20)6-5-10-18-13-8-7-12(19(22)23)11-14(13)24-16(18)21/h7-8,11H,2-6,9-10H2,1H3,(H,17,20). The van der Waals surface area contributed by atoms with E-state index in [1.807, 2.05) is 0 Å². The van der Waals surface area contributed by atoms with Crippen LogP contribution in [0.3, 0.4) is 0 Å². The molecule has 1 heterocycles. The highest BCUT2D eigenvalue weighted by atomic mass is 16.6. The van der Waals surface area contributed by atoms with Crippen LogP contribution in [-0.2, 0) is 11.3 Å². The van der Waals surface area contributed by atoms with Crippen molar-refractivity contribution in [2.24, 2.45) is 0 Å². The Balaban J connectivity index is 1.93. The Bertz CT molecular complexity index is 778. The Morgan fingerprint density at radius 2 is 2.12 bits per heavy atom. The highest BCUT2D eigenvalue weighted by Crippen LogP contribution is 2.20. The quantitative estimate of drug-likeness (QED) is 0.430. The van der Waals surface area contributed by atoms with Crippen LogP contribution in [0.4, 0.5) is 5.69 Å². The van der Waals surface area contributed by atoms with Gasteiger partial charge in [-0.15, -0.1) is 0 Å². The molecular weight excluding hydrogens is 314 g/mol. The van der Waals surface area contributed by atoms with Gasteiger partial charge in [0, 0.05) is 25.6 Å². The van der Waals surface area contributed by atoms with Gasteiger partial charge in [-0.1, -0.05) is 19.8 Å². The molecule has 0 saturated carbocycles. The van der Waals surface area contributed by atoms with Crippen molar-refractivity contribution < 1.29 is 14.1 Å². The highest BCUT2D eigenvalue weighted by molar-refractivity contribution is 5.76. The molecule has 0 aliphatic rings. The molecular formula is C16H21N3O5. The molecule has 0 atom stereocenters. The number of unbranched alkanes of at least 4 members (excludes halogenated alkanes) is 2. The highest BCUT2D eigenvalue weighted by Gasteiger charge is 2.14. The Hall–Kier alpha value is -2.64. The largest absolute Gasteiger partial charge is 0.419 e. The summed E-state index contributed by atoms with van der Waals surface area (Å²) in [6, 6.07) is 4.05. The molecule has 0 bridgehead atoms. The Kier molecular flexibility index (Phi) is 6.11. The predicted molar refractivity (Wildman–Crippen MR) is 88.9 cm³/mol. The van der Waals surface area contributed by atoms with Crippen LogP contribution in [0.1, 0.15) is 39.0 Å². The molecule has 0 unspecified atom stereocenters. The minimum atomic E-state index is -0.575. The van der Waals surface area contributed by atoms with Gasteiger partial charge in [0.1, 0.15) is 0 Å². The lowest BCUT2D eigenvalue weighted by atomic mass is 10.2. The first-order valence-corrected chi connectivity index (χ1v) is 8.07. The lowest BCUT2D eigenvalue weighted by Crippen LogP contribution is -2.25. The number of oxazole rings is 1. The first kappa shape index (κ1) is 17.7. The molecule has 8 heteroatoms. The average molecular weight is 335 g/mol. The minimum Gasteiger partial charge on any atom is -0.407 e. The Morgan fingerprint density at radius 3 is 2.83 bits per heavy atom. The second-order valence-electron chi connectivity index (χ2n) is 5.59. The average Bonchev–Trinajstić information content (AvgIpc) is 2.86. The summed E-state index contributed by atoms with van der Waals surface area (Å²) in [5, 5.41) is 13.6. The number of nitro groups is 1. The normalized spacial score (nSPS) is 10.9. The van der Waals surface area contributed by atoms with Crippen molar-refractivity contribution in [3.05, 3.63) is 38.9 Å². The molecule has 0 radical (unpaired) electrons. The fraction of sp³-hybridized carbons (Fsp3) is 0.500. The number of nitro benzene ring substituents is 1. The van der Waals surface area contributed by atoms with Crippen molar-refractivity contribution in [3.8, 4) is 0 Å². The minimum absolute atomic E-state index is 0.0393. The monoisotopic (exact) mass is 335 g/mol. The summed E-state index contributed by atoms with van der Waals surface area (Å²) < 4.78 is 6.43. The first-order chi connectivity index (χ1) is 11.5. The molecule has 1 N–H and O–H groups in total. The zero-order valence-corrected chi connectivity index (χ0v) is 13.6. The molecule has 0 aliphatic heterocycles. The number of hydrogen-bond donors (Lipinski definition) is 1. The van der Waals surface area contributed by atoms with Crippen LogP contribution in [-0.4, -0.2) is 21.9 Å². The number of fused-ring (bicyclic) bond motifs is 1. The van der Waals surface area contributed by atoms with Crippen molar-refractivity contribution in [1.29, 1.82) is 0 Å². The number of hydrogen-bond acceptors (Lipinski definition) is 5. The number of amides is 1. The number of carbonyl (C=O) groups is 1. The maximum atomic E-state index is 11.9. The Labute approximate surface area is 138 Å². The smallest absolute Gasteiger partial charge is 0.407 e. The molecule has 0 saturated heterocycles. The molecule has 130 valence electrons. The van der Waals surface area contributed by atoms with Crippen LogP contribution in [0.25, 0.3) is 11.1 Å². The molecule has 0 aliphatic carbocycles. The van der Waals surface area contributed by atoms with Crippen LogP contribution >= 0.6 is 0 Å². The maximum absolute atomic E-state index is 11.9. The summed E-state index contributed by atoms with van der Waals surface area (Å²) >= 11 is 0. The summed E-state index contributed by atoms with van der Waals surface area (Å²) in [7, 11) is 0. The molecule has 1 aromatic carbocycles. The van der Waals surface area contributed by atoms with E-state index in [1.165, 1.54) is 22.8 Å². The van der Waals surface area contributed by atoms with Gasteiger partial charge >= 0.3 is 5.76 Å². The molecule has 1 amide bonds. The molecule has 1 aromatic heterocycles. The third-order valence-corrected chi connectivity index (χ3v) is 3.75. The molecule has 2 aromatic rings. The number of aromatic nitrogens is 1. The number of aryl methyl sites for hydroxylation is 1. The number of nitrogens with zero attached hydrogens (tertiary/aromatic N) is 2. The summed E-state index contributed by atoms with van der Waals surface area (Å²) in [6.45, 7) is 3.10. The third-order valence-electron chi connectivity index (χ3n) is 3.75. The van der Waals surface area contributed by atoms with Crippen LogP contribution < -0.4 is 11.1 Å². The summed E-state index contributed by atoms with van der Waals surface area (Å²) in [5.74, 6) is -0.614. The zero-order valence-electron chi connectivity index (χ0n) is 13.6. The van der Waals surface area contributed by atoms with Crippen molar-refractivity contribution in [3.63, 3.8) is 0 Å². The van der Waals surface area contributed by atoms with Gasteiger partial charge in [0.05, 0.1) is 16.5 Å². The van der Waals surface area contributed by atoms with E-state index in [0.717, 1.165) is 19.3 Å². The number of non-ortho nitro benzene ring substituents is 1. The molecule has 0 fully saturated rings. The van der Waals surface area contributed by atoms with Gasteiger partial charge in [0.2, 0.25) is 5.91 Å². The van der Waals surface area contributed by atoms with E-state index in [4.69, 9.17) is 4.42 Å². The number of nitrogens with one attached hydrogen (secondary N) is 1. The second kappa shape index (κ2) is 8.28. The van der Waals surface area contributed by atoms with E-state index >= 15 is 0 Å². The SMILES string of the molecule is CCCCCNC(=O)CCCn1c(=O)oc2cc([N+](=O)[O-])ccc21. The summed E-state index contributed by atoms with van der Waals surface area (Å²) in [6.07, 6.45) is 3.96.